The third kappa shape index (κ3) is 2.13. The van der Waals surface area contributed by atoms with Crippen LogP contribution in [0.2, 0.25) is 0 Å². The fraction of sp³-hybridized carbons (Fsp3) is 0.875. The Hall–Kier alpha value is -0.940. The zero-order valence-corrected chi connectivity index (χ0v) is 13.0. The molecule has 4 saturated carbocycles. The summed E-state index contributed by atoms with van der Waals surface area (Å²) in [7, 11) is 1.64. The number of aromatic nitrogens is 2. The van der Waals surface area contributed by atoms with Crippen LogP contribution in [-0.4, -0.2) is 23.9 Å². The molecule has 0 amide bonds. The van der Waals surface area contributed by atoms with Crippen molar-refractivity contribution in [3.8, 4) is 0 Å². The number of hydrogen-bond acceptors (Lipinski definition) is 5. The van der Waals surface area contributed by atoms with Crippen molar-refractivity contribution < 1.29 is 9.26 Å². The van der Waals surface area contributed by atoms with E-state index >= 15 is 0 Å². The smallest absolute Gasteiger partial charge is 0.232 e. The average Bonchev–Trinajstić information content (AvgIpc) is 2.86. The summed E-state index contributed by atoms with van der Waals surface area (Å²) in [4.78, 5) is 4.67. The predicted octanol–water partition coefficient (Wildman–Crippen LogP) is 2.57. The van der Waals surface area contributed by atoms with E-state index < -0.39 is 0 Å². The summed E-state index contributed by atoms with van der Waals surface area (Å²) < 4.78 is 10.8. The van der Waals surface area contributed by atoms with Crippen LogP contribution in [0.5, 0.6) is 0 Å². The number of methoxy groups -OCH3 is 1. The van der Waals surface area contributed by atoms with Gasteiger partial charge >= 0.3 is 0 Å². The minimum atomic E-state index is -0.294. The fourth-order valence-electron chi connectivity index (χ4n) is 5.83. The molecule has 4 bridgehead atoms. The predicted molar refractivity (Wildman–Crippen MR) is 77.6 cm³/mol. The first-order valence-electron chi connectivity index (χ1n) is 8.11. The molecule has 3 unspecified atom stereocenters. The Morgan fingerprint density at radius 1 is 1.33 bits per heavy atom. The highest BCUT2D eigenvalue weighted by atomic mass is 16.5. The number of nitrogens with zero attached hydrogens (tertiary/aromatic N) is 2. The second kappa shape index (κ2) is 4.53. The van der Waals surface area contributed by atoms with Gasteiger partial charge in [-0.3, -0.25) is 0 Å². The highest BCUT2D eigenvalue weighted by Gasteiger charge is 2.58. The molecule has 5 nitrogen and oxygen atoms in total. The van der Waals surface area contributed by atoms with Crippen molar-refractivity contribution in [3.05, 3.63) is 11.7 Å². The van der Waals surface area contributed by atoms with E-state index in [1.807, 2.05) is 0 Å². The van der Waals surface area contributed by atoms with Crippen LogP contribution in [0, 0.1) is 17.3 Å². The van der Waals surface area contributed by atoms with Gasteiger partial charge in [0.2, 0.25) is 5.89 Å². The van der Waals surface area contributed by atoms with Gasteiger partial charge in [-0.15, -0.1) is 0 Å². The lowest BCUT2D eigenvalue weighted by Crippen LogP contribution is -2.53. The molecule has 0 spiro atoms. The molecule has 3 atom stereocenters. The summed E-state index contributed by atoms with van der Waals surface area (Å²) in [6, 6.07) is -0.294. The van der Waals surface area contributed by atoms with E-state index in [4.69, 9.17) is 15.0 Å². The molecule has 0 aliphatic heterocycles. The number of nitrogens with two attached hydrogens (primary N) is 1. The molecule has 1 heterocycles. The highest BCUT2D eigenvalue weighted by Crippen LogP contribution is 2.65. The molecule has 0 aromatic carbocycles. The largest absolute Gasteiger partial charge is 0.383 e. The molecular formula is C16H25N3O2. The van der Waals surface area contributed by atoms with Crippen LogP contribution in [0.15, 0.2) is 4.52 Å². The van der Waals surface area contributed by atoms with Gasteiger partial charge in [0.25, 0.3) is 0 Å². The van der Waals surface area contributed by atoms with Gasteiger partial charge in [0.1, 0.15) is 0 Å². The van der Waals surface area contributed by atoms with Gasteiger partial charge in [-0.05, 0) is 55.8 Å². The van der Waals surface area contributed by atoms with Crippen LogP contribution in [0.25, 0.3) is 0 Å². The maximum Gasteiger partial charge on any atom is 0.232 e. The van der Waals surface area contributed by atoms with E-state index in [1.165, 1.54) is 38.5 Å². The summed E-state index contributed by atoms with van der Waals surface area (Å²) in [5.41, 5.74) is 6.63. The van der Waals surface area contributed by atoms with Gasteiger partial charge in [-0.2, -0.15) is 4.98 Å². The monoisotopic (exact) mass is 291 g/mol. The topological polar surface area (TPSA) is 74.2 Å². The maximum atomic E-state index is 6.03. The molecule has 0 saturated heterocycles. The van der Waals surface area contributed by atoms with Crippen molar-refractivity contribution in [1.29, 1.82) is 0 Å². The van der Waals surface area contributed by atoms with E-state index in [9.17, 15) is 0 Å². The fourth-order valence-corrected chi connectivity index (χ4v) is 5.83. The molecule has 5 heteroatoms. The Kier molecular flexibility index (Phi) is 2.95. The SMILES string of the molecule is COCC(N)c1noc(C23CC4CC(CC(C)(C4)C2)C3)n1. The van der Waals surface area contributed by atoms with Crippen LogP contribution in [-0.2, 0) is 10.2 Å². The Morgan fingerprint density at radius 2 is 2.05 bits per heavy atom. The first-order valence-corrected chi connectivity index (χ1v) is 8.11. The van der Waals surface area contributed by atoms with Crippen molar-refractivity contribution >= 4 is 0 Å². The van der Waals surface area contributed by atoms with Crippen LogP contribution < -0.4 is 5.73 Å². The summed E-state index contributed by atoms with van der Waals surface area (Å²) in [6.45, 7) is 2.88. The molecule has 4 aliphatic carbocycles. The molecule has 0 radical (unpaired) electrons. The number of hydrogen-bond donors (Lipinski definition) is 1. The highest BCUT2D eigenvalue weighted by molar-refractivity contribution is 5.18. The van der Waals surface area contributed by atoms with E-state index in [-0.39, 0.29) is 11.5 Å². The van der Waals surface area contributed by atoms with Crippen molar-refractivity contribution in [3.63, 3.8) is 0 Å². The molecule has 1 aromatic rings. The minimum Gasteiger partial charge on any atom is -0.383 e. The Morgan fingerprint density at radius 3 is 2.67 bits per heavy atom. The minimum absolute atomic E-state index is 0.122. The molecule has 2 N–H and O–H groups in total. The second-order valence-corrected chi connectivity index (χ2v) is 8.07. The van der Waals surface area contributed by atoms with Gasteiger partial charge in [0.05, 0.1) is 18.1 Å². The number of rotatable bonds is 4. The quantitative estimate of drug-likeness (QED) is 0.923. The third-order valence-electron chi connectivity index (χ3n) is 5.93. The first-order chi connectivity index (χ1) is 10.0. The Labute approximate surface area is 125 Å². The molecule has 4 aliphatic rings. The number of ether oxygens (including phenoxy) is 1. The van der Waals surface area contributed by atoms with Gasteiger partial charge in [0.15, 0.2) is 5.82 Å². The summed E-state index contributed by atoms with van der Waals surface area (Å²) in [5, 5.41) is 4.12. The van der Waals surface area contributed by atoms with E-state index in [2.05, 4.69) is 17.1 Å². The second-order valence-electron chi connectivity index (χ2n) is 8.07. The molecular weight excluding hydrogens is 266 g/mol. The molecule has 116 valence electrons. The summed E-state index contributed by atoms with van der Waals surface area (Å²) >= 11 is 0. The molecule has 5 rings (SSSR count). The lowest BCUT2D eigenvalue weighted by atomic mass is 9.44. The summed E-state index contributed by atoms with van der Waals surface area (Å²) in [6.07, 6.45) is 7.82. The summed E-state index contributed by atoms with van der Waals surface area (Å²) in [5.74, 6) is 3.12. The van der Waals surface area contributed by atoms with Crippen LogP contribution in [0.4, 0.5) is 0 Å². The van der Waals surface area contributed by atoms with Crippen molar-refractivity contribution in [2.45, 2.75) is 56.9 Å². The van der Waals surface area contributed by atoms with E-state index in [0.717, 1.165) is 17.7 Å². The van der Waals surface area contributed by atoms with Gasteiger partial charge in [-0.1, -0.05) is 12.1 Å². The Balaban J connectivity index is 1.64. The lowest BCUT2D eigenvalue weighted by Gasteiger charge is -2.59. The maximum absolute atomic E-state index is 6.03. The van der Waals surface area contributed by atoms with E-state index in [1.54, 1.807) is 7.11 Å². The van der Waals surface area contributed by atoms with Crippen molar-refractivity contribution in [2.75, 3.05) is 13.7 Å². The standard InChI is InChI=1S/C16H25N3O2/c1-15-4-10-3-11(5-15)7-16(6-10,9-15)14-18-13(19-21-14)12(17)8-20-2/h10-12H,3-9,17H2,1-2H3. The van der Waals surface area contributed by atoms with Gasteiger partial charge in [0, 0.05) is 7.11 Å². The van der Waals surface area contributed by atoms with Gasteiger partial charge < -0.3 is 15.0 Å². The zero-order valence-electron chi connectivity index (χ0n) is 13.0. The molecule has 21 heavy (non-hydrogen) atoms. The van der Waals surface area contributed by atoms with E-state index in [0.29, 0.717) is 17.8 Å². The third-order valence-corrected chi connectivity index (χ3v) is 5.93. The van der Waals surface area contributed by atoms with Crippen molar-refractivity contribution in [2.24, 2.45) is 23.0 Å². The molecule has 1 aromatic heterocycles. The van der Waals surface area contributed by atoms with Crippen LogP contribution in [0.1, 0.15) is 63.2 Å². The normalized spacial score (nSPS) is 42.4. The van der Waals surface area contributed by atoms with Crippen LogP contribution in [0.3, 0.4) is 0 Å². The average molecular weight is 291 g/mol. The van der Waals surface area contributed by atoms with Gasteiger partial charge in [-0.25, -0.2) is 0 Å². The van der Waals surface area contributed by atoms with Crippen LogP contribution >= 0.6 is 0 Å². The Bertz CT molecular complexity index is 527. The van der Waals surface area contributed by atoms with Crippen molar-refractivity contribution in [1.82, 2.24) is 10.1 Å². The first kappa shape index (κ1) is 13.7. The molecule has 4 fully saturated rings. The zero-order chi connectivity index (χ0) is 14.7. The lowest BCUT2D eigenvalue weighted by molar-refractivity contribution is -0.0724.